The number of thiazole rings is 1. The van der Waals surface area contributed by atoms with Gasteiger partial charge in [0.15, 0.2) is 15.2 Å². The monoisotopic (exact) mass is 363 g/mol. The molecule has 3 aromatic rings. The van der Waals surface area contributed by atoms with Gasteiger partial charge in [-0.25, -0.2) is 14.5 Å². The molecule has 1 N–H and O–H groups in total. The van der Waals surface area contributed by atoms with Gasteiger partial charge in [-0.3, -0.25) is 0 Å². The van der Waals surface area contributed by atoms with Gasteiger partial charge in [0, 0.05) is 0 Å². The number of nitrogens with zero attached hydrogens (tertiary/aromatic N) is 4. The molecule has 0 amide bonds. The number of nitrogens with one attached hydrogen (secondary N) is 1. The maximum atomic E-state index is 11.6. The molecule has 124 valence electrons. The highest BCUT2D eigenvalue weighted by Crippen LogP contribution is 2.29. The number of esters is 1. The van der Waals surface area contributed by atoms with E-state index in [1.807, 2.05) is 43.5 Å². The van der Waals surface area contributed by atoms with Crippen molar-refractivity contribution in [3.8, 4) is 5.69 Å². The molecule has 0 bridgehead atoms. The highest BCUT2D eigenvalue weighted by atomic mass is 35.5. The van der Waals surface area contributed by atoms with Gasteiger partial charge in [0.1, 0.15) is 5.69 Å². The minimum atomic E-state index is -0.506. The zero-order valence-electron chi connectivity index (χ0n) is 12.9. The highest BCUT2D eigenvalue weighted by molar-refractivity contribution is 7.18. The van der Waals surface area contributed by atoms with E-state index in [4.69, 9.17) is 11.6 Å². The number of ether oxygens (including phenoxy) is 1. The lowest BCUT2D eigenvalue weighted by Gasteiger charge is -2.08. The summed E-state index contributed by atoms with van der Waals surface area (Å²) in [7, 11) is 1.30. The lowest BCUT2D eigenvalue weighted by atomic mass is 10.2. The Morgan fingerprint density at radius 2 is 2.12 bits per heavy atom. The summed E-state index contributed by atoms with van der Waals surface area (Å²) in [5.41, 5.74) is 1.67. The molecule has 9 heteroatoms. The quantitative estimate of drug-likeness (QED) is 0.700. The predicted octanol–water partition coefficient (Wildman–Crippen LogP) is 3.34. The zero-order valence-corrected chi connectivity index (χ0v) is 14.5. The lowest BCUT2D eigenvalue weighted by Crippen LogP contribution is -2.06. The number of anilines is 1. The fraction of sp³-hybridized carbons (Fsp3) is 0.200. The first-order valence-electron chi connectivity index (χ1n) is 7.07. The second kappa shape index (κ2) is 6.98. The van der Waals surface area contributed by atoms with Gasteiger partial charge in [-0.1, -0.05) is 46.4 Å². The number of hydrogen-bond acceptors (Lipinski definition) is 7. The summed E-state index contributed by atoms with van der Waals surface area (Å²) >= 11 is 7.09. The van der Waals surface area contributed by atoms with Crippen molar-refractivity contribution >= 4 is 34.0 Å². The second-order valence-corrected chi connectivity index (χ2v) is 6.28. The number of benzene rings is 1. The molecule has 2 heterocycles. The van der Waals surface area contributed by atoms with Crippen LogP contribution in [-0.2, 0) is 4.74 Å². The van der Waals surface area contributed by atoms with E-state index in [-0.39, 0.29) is 16.1 Å². The van der Waals surface area contributed by atoms with Crippen molar-refractivity contribution in [2.24, 2.45) is 0 Å². The maximum Gasteiger partial charge on any atom is 0.351 e. The Kier molecular flexibility index (Phi) is 4.77. The summed E-state index contributed by atoms with van der Waals surface area (Å²) in [5, 5.41) is 12.1. The van der Waals surface area contributed by atoms with Crippen LogP contribution in [0, 0.1) is 0 Å². The van der Waals surface area contributed by atoms with E-state index in [0.717, 1.165) is 22.7 Å². The molecule has 0 saturated carbocycles. The number of para-hydroxylation sites is 1. The first-order chi connectivity index (χ1) is 11.6. The molecule has 7 nitrogen and oxygen atoms in total. The van der Waals surface area contributed by atoms with Crippen molar-refractivity contribution in [2.45, 2.75) is 13.0 Å². The molecule has 1 aromatic carbocycles. The van der Waals surface area contributed by atoms with Gasteiger partial charge >= 0.3 is 5.97 Å². The third-order valence-corrected chi connectivity index (χ3v) is 4.62. The molecule has 2 aromatic heterocycles. The molecular formula is C15H14ClN5O2S. The summed E-state index contributed by atoms with van der Waals surface area (Å²) in [4.78, 5) is 16.0. The van der Waals surface area contributed by atoms with Crippen molar-refractivity contribution in [1.29, 1.82) is 0 Å². The van der Waals surface area contributed by atoms with Crippen LogP contribution in [0.3, 0.4) is 0 Å². The van der Waals surface area contributed by atoms with Gasteiger partial charge in [0.2, 0.25) is 0 Å². The summed E-state index contributed by atoms with van der Waals surface area (Å²) in [5.74, 6) is -0.506. The van der Waals surface area contributed by atoms with Crippen LogP contribution >= 0.6 is 22.9 Å². The van der Waals surface area contributed by atoms with E-state index in [1.54, 1.807) is 4.68 Å². The van der Waals surface area contributed by atoms with Crippen molar-refractivity contribution < 1.29 is 9.53 Å². The van der Waals surface area contributed by atoms with E-state index < -0.39 is 5.97 Å². The minimum Gasteiger partial charge on any atom is -0.465 e. The molecule has 24 heavy (non-hydrogen) atoms. The number of hydrogen-bond donors (Lipinski definition) is 1. The summed E-state index contributed by atoms with van der Waals surface area (Å²) in [6, 6.07) is 9.54. The Hall–Kier alpha value is -2.45. The summed E-state index contributed by atoms with van der Waals surface area (Å²) in [6.07, 6.45) is 1.84. The first-order valence-corrected chi connectivity index (χ1v) is 8.26. The molecule has 0 aliphatic carbocycles. The normalized spacial score (nSPS) is 12.0. The third kappa shape index (κ3) is 3.39. The van der Waals surface area contributed by atoms with Gasteiger partial charge in [0.05, 0.1) is 25.0 Å². The first kappa shape index (κ1) is 16.4. The second-order valence-electron chi connectivity index (χ2n) is 4.92. The van der Waals surface area contributed by atoms with Crippen molar-refractivity contribution in [3.63, 3.8) is 0 Å². The van der Waals surface area contributed by atoms with Crippen molar-refractivity contribution in [2.75, 3.05) is 12.4 Å². The topological polar surface area (TPSA) is 81.9 Å². The number of carbonyl (C=O) groups excluding carboxylic acids is 1. The molecule has 3 rings (SSSR count). The number of rotatable bonds is 5. The van der Waals surface area contributed by atoms with Gasteiger partial charge in [-0.2, -0.15) is 0 Å². The van der Waals surface area contributed by atoms with Crippen LogP contribution in [0.25, 0.3) is 5.69 Å². The number of carbonyl (C=O) groups is 1. The zero-order chi connectivity index (χ0) is 17.1. The van der Waals surface area contributed by atoms with Crippen LogP contribution in [0.2, 0.25) is 5.15 Å². The summed E-state index contributed by atoms with van der Waals surface area (Å²) in [6.45, 7) is 1.92. The average Bonchev–Trinajstić information content (AvgIpc) is 3.22. The van der Waals surface area contributed by atoms with Gasteiger partial charge in [-0.15, -0.1) is 5.10 Å². The number of methoxy groups -OCH3 is 1. The third-order valence-electron chi connectivity index (χ3n) is 3.27. The van der Waals surface area contributed by atoms with Crippen LogP contribution in [0.4, 0.5) is 5.13 Å². The molecular weight excluding hydrogens is 350 g/mol. The minimum absolute atomic E-state index is 0.120. The van der Waals surface area contributed by atoms with Gasteiger partial charge in [-0.05, 0) is 19.1 Å². The fourth-order valence-electron chi connectivity index (χ4n) is 2.02. The standard InChI is InChI=1S/C15H14ClN5O2S/c1-9(17-15-18-13(16)12(24-15)14(22)23-2)11-8-21(20-19-11)10-6-4-3-5-7-10/h3-9H,1-2H3,(H,17,18). The Bertz CT molecular complexity index is 849. The molecule has 0 aliphatic heterocycles. The largest absolute Gasteiger partial charge is 0.465 e. The molecule has 0 saturated heterocycles. The van der Waals surface area contributed by atoms with Crippen molar-refractivity contribution in [3.05, 3.63) is 52.3 Å². The van der Waals surface area contributed by atoms with Gasteiger partial charge in [0.25, 0.3) is 0 Å². The predicted molar refractivity (Wildman–Crippen MR) is 91.9 cm³/mol. The van der Waals surface area contributed by atoms with E-state index in [0.29, 0.717) is 5.13 Å². The Labute approximate surface area is 147 Å². The number of aromatic nitrogens is 4. The SMILES string of the molecule is COC(=O)c1sc(NC(C)c2cn(-c3ccccc3)nn2)nc1Cl. The molecule has 1 atom stereocenters. The number of halogens is 1. The highest BCUT2D eigenvalue weighted by Gasteiger charge is 2.19. The van der Waals surface area contributed by atoms with Crippen LogP contribution in [0.5, 0.6) is 0 Å². The van der Waals surface area contributed by atoms with Crippen LogP contribution in [-0.4, -0.2) is 33.1 Å². The van der Waals surface area contributed by atoms with Crippen LogP contribution < -0.4 is 5.32 Å². The molecule has 0 radical (unpaired) electrons. The van der Waals surface area contributed by atoms with Crippen LogP contribution in [0.1, 0.15) is 28.3 Å². The molecule has 0 fully saturated rings. The van der Waals surface area contributed by atoms with Gasteiger partial charge < -0.3 is 10.1 Å². The van der Waals surface area contributed by atoms with E-state index >= 15 is 0 Å². The summed E-state index contributed by atoms with van der Waals surface area (Å²) < 4.78 is 6.36. The maximum absolute atomic E-state index is 11.6. The van der Waals surface area contributed by atoms with Crippen LogP contribution in [0.15, 0.2) is 36.5 Å². The van der Waals surface area contributed by atoms with Crippen molar-refractivity contribution in [1.82, 2.24) is 20.0 Å². The Morgan fingerprint density at radius 1 is 1.38 bits per heavy atom. The fourth-order valence-corrected chi connectivity index (χ4v) is 3.21. The van der Waals surface area contributed by atoms with E-state index in [2.05, 4.69) is 25.3 Å². The molecule has 1 unspecified atom stereocenters. The Morgan fingerprint density at radius 3 is 2.83 bits per heavy atom. The van der Waals surface area contributed by atoms with E-state index in [1.165, 1.54) is 7.11 Å². The smallest absolute Gasteiger partial charge is 0.351 e. The van der Waals surface area contributed by atoms with E-state index in [9.17, 15) is 4.79 Å². The molecule has 0 spiro atoms. The Balaban J connectivity index is 1.75. The lowest BCUT2D eigenvalue weighted by molar-refractivity contribution is 0.0606. The average molecular weight is 364 g/mol. The molecule has 0 aliphatic rings.